The second-order valence-electron chi connectivity index (χ2n) is 5.79. The van der Waals surface area contributed by atoms with Crippen LogP contribution in [0.25, 0.3) is 0 Å². The molecule has 0 aliphatic heterocycles. The van der Waals surface area contributed by atoms with E-state index in [1.165, 1.54) is 36.0 Å². The molecule has 2 aromatic rings. The fraction of sp³-hybridized carbons (Fsp3) is 0.333. The Labute approximate surface area is 131 Å². The van der Waals surface area contributed by atoms with Gasteiger partial charge in [0.05, 0.1) is 0 Å². The van der Waals surface area contributed by atoms with Crippen LogP contribution < -0.4 is 11.3 Å². The molecule has 3 N–H and O–H groups in total. The third-order valence-corrected chi connectivity index (χ3v) is 4.74. The second-order valence-corrected chi connectivity index (χ2v) is 6.23. The largest absolute Gasteiger partial charge is 0.271 e. The summed E-state index contributed by atoms with van der Waals surface area (Å²) in [6.07, 6.45) is 4.73. The van der Waals surface area contributed by atoms with E-state index in [0.29, 0.717) is 5.92 Å². The number of hydrogen-bond acceptors (Lipinski definition) is 2. The first-order valence-corrected chi connectivity index (χ1v) is 7.95. The zero-order valence-electron chi connectivity index (χ0n) is 12.1. The van der Waals surface area contributed by atoms with Gasteiger partial charge in [-0.05, 0) is 60.4 Å². The topological polar surface area (TPSA) is 38.0 Å². The van der Waals surface area contributed by atoms with Crippen LogP contribution in [0.2, 0.25) is 5.02 Å². The summed E-state index contributed by atoms with van der Waals surface area (Å²) in [4.78, 5) is 0. The summed E-state index contributed by atoms with van der Waals surface area (Å²) in [7, 11) is 0. The van der Waals surface area contributed by atoms with Crippen molar-refractivity contribution in [2.75, 3.05) is 0 Å². The van der Waals surface area contributed by atoms with Crippen molar-refractivity contribution in [2.24, 2.45) is 5.84 Å². The molecule has 2 unspecified atom stereocenters. The maximum Gasteiger partial charge on any atom is 0.0465 e. The number of aryl methyl sites for hydroxylation is 1. The third kappa shape index (κ3) is 3.29. The van der Waals surface area contributed by atoms with Gasteiger partial charge in [0.25, 0.3) is 0 Å². The van der Waals surface area contributed by atoms with Gasteiger partial charge in [0, 0.05) is 11.1 Å². The molecule has 110 valence electrons. The van der Waals surface area contributed by atoms with Crippen molar-refractivity contribution in [1.82, 2.24) is 5.43 Å². The Kier molecular flexibility index (Phi) is 4.59. The molecule has 0 bridgehead atoms. The number of benzene rings is 2. The zero-order valence-corrected chi connectivity index (χ0v) is 12.8. The van der Waals surface area contributed by atoms with Gasteiger partial charge < -0.3 is 0 Å². The summed E-state index contributed by atoms with van der Waals surface area (Å²) < 4.78 is 0. The predicted octanol–water partition coefficient (Wildman–Crippen LogP) is 4.35. The third-order valence-electron chi connectivity index (χ3n) is 4.49. The molecule has 0 radical (unpaired) electrons. The highest BCUT2D eigenvalue weighted by Gasteiger charge is 2.23. The lowest BCUT2D eigenvalue weighted by Crippen LogP contribution is -2.30. The van der Waals surface area contributed by atoms with E-state index in [0.717, 1.165) is 11.4 Å². The molecule has 0 heterocycles. The molecule has 1 aliphatic carbocycles. The van der Waals surface area contributed by atoms with Gasteiger partial charge in [-0.1, -0.05) is 48.0 Å². The standard InChI is InChI=1S/C18H21ClN2/c19-16-10-8-14(9-11-16)18(21-20)12-15-6-3-5-13-4-1-2-7-17(13)15/h1-2,4,7-11,15,18,21H,3,5-6,12,20H2. The highest BCUT2D eigenvalue weighted by Crippen LogP contribution is 2.37. The van der Waals surface area contributed by atoms with Crippen molar-refractivity contribution in [1.29, 1.82) is 0 Å². The first-order valence-electron chi connectivity index (χ1n) is 7.57. The normalized spacial score (nSPS) is 19.0. The van der Waals surface area contributed by atoms with Crippen LogP contribution >= 0.6 is 11.6 Å². The summed E-state index contributed by atoms with van der Waals surface area (Å²) in [5.74, 6) is 6.37. The molecule has 3 rings (SSSR count). The predicted molar refractivity (Wildman–Crippen MR) is 88.3 cm³/mol. The summed E-state index contributed by atoms with van der Waals surface area (Å²) in [5.41, 5.74) is 7.17. The Morgan fingerprint density at radius 2 is 1.90 bits per heavy atom. The lowest BCUT2D eigenvalue weighted by Gasteiger charge is -2.29. The van der Waals surface area contributed by atoms with Crippen LogP contribution in [-0.2, 0) is 6.42 Å². The maximum absolute atomic E-state index is 5.97. The number of fused-ring (bicyclic) bond motifs is 1. The molecule has 0 spiro atoms. The molecule has 1 aliphatic rings. The Bertz CT molecular complexity index is 594. The quantitative estimate of drug-likeness (QED) is 0.650. The minimum absolute atomic E-state index is 0.165. The number of hydrogen-bond donors (Lipinski definition) is 2. The van der Waals surface area contributed by atoms with Gasteiger partial charge in [-0.2, -0.15) is 0 Å². The van der Waals surface area contributed by atoms with Gasteiger partial charge in [0.2, 0.25) is 0 Å². The van der Waals surface area contributed by atoms with Gasteiger partial charge in [-0.3, -0.25) is 11.3 Å². The van der Waals surface area contributed by atoms with Gasteiger partial charge >= 0.3 is 0 Å². The lowest BCUT2D eigenvalue weighted by atomic mass is 9.79. The van der Waals surface area contributed by atoms with E-state index >= 15 is 0 Å². The molecule has 0 saturated heterocycles. The molecule has 2 nitrogen and oxygen atoms in total. The van der Waals surface area contributed by atoms with Crippen LogP contribution in [0.1, 0.15) is 47.9 Å². The summed E-state index contributed by atoms with van der Waals surface area (Å²) in [5, 5.41) is 0.762. The molecule has 0 saturated carbocycles. The Hall–Kier alpha value is -1.35. The number of rotatable bonds is 4. The molecular formula is C18H21ClN2. The highest BCUT2D eigenvalue weighted by atomic mass is 35.5. The van der Waals surface area contributed by atoms with Crippen LogP contribution in [-0.4, -0.2) is 0 Å². The maximum atomic E-state index is 5.97. The Balaban J connectivity index is 1.80. The van der Waals surface area contributed by atoms with Crippen LogP contribution in [0.3, 0.4) is 0 Å². The van der Waals surface area contributed by atoms with Crippen molar-refractivity contribution >= 4 is 11.6 Å². The summed E-state index contributed by atoms with van der Waals surface area (Å²) in [6.45, 7) is 0. The number of hydrazine groups is 1. The minimum Gasteiger partial charge on any atom is -0.271 e. The van der Waals surface area contributed by atoms with Crippen LogP contribution in [0.4, 0.5) is 0 Å². The van der Waals surface area contributed by atoms with Crippen molar-refractivity contribution in [2.45, 2.75) is 37.6 Å². The van der Waals surface area contributed by atoms with Gasteiger partial charge in [0.15, 0.2) is 0 Å². The van der Waals surface area contributed by atoms with E-state index < -0.39 is 0 Å². The van der Waals surface area contributed by atoms with Crippen LogP contribution in [0.5, 0.6) is 0 Å². The summed E-state index contributed by atoms with van der Waals surface area (Å²) >= 11 is 5.97. The first kappa shape index (κ1) is 14.6. The van der Waals surface area contributed by atoms with Crippen molar-refractivity contribution in [3.05, 3.63) is 70.2 Å². The second kappa shape index (κ2) is 6.61. The molecular weight excluding hydrogens is 280 g/mol. The number of halogens is 1. The Morgan fingerprint density at radius 1 is 1.14 bits per heavy atom. The average Bonchev–Trinajstić information content (AvgIpc) is 2.54. The Morgan fingerprint density at radius 3 is 2.67 bits per heavy atom. The lowest BCUT2D eigenvalue weighted by molar-refractivity contribution is 0.425. The van der Waals surface area contributed by atoms with Crippen molar-refractivity contribution < 1.29 is 0 Å². The van der Waals surface area contributed by atoms with E-state index in [1.54, 1.807) is 0 Å². The van der Waals surface area contributed by atoms with Gasteiger partial charge in [0.1, 0.15) is 0 Å². The molecule has 0 amide bonds. The van der Waals surface area contributed by atoms with Crippen LogP contribution in [0.15, 0.2) is 48.5 Å². The van der Waals surface area contributed by atoms with Crippen molar-refractivity contribution in [3.8, 4) is 0 Å². The van der Waals surface area contributed by atoms with E-state index in [2.05, 4.69) is 41.8 Å². The number of nitrogens with two attached hydrogens (primary N) is 1. The van der Waals surface area contributed by atoms with Gasteiger partial charge in [-0.25, -0.2) is 0 Å². The SMILES string of the molecule is NNC(CC1CCCc2ccccc21)c1ccc(Cl)cc1. The van der Waals surface area contributed by atoms with Crippen LogP contribution in [0, 0.1) is 0 Å². The number of nitrogens with one attached hydrogen (secondary N) is 1. The van der Waals surface area contributed by atoms with E-state index in [1.807, 2.05) is 12.1 Å². The fourth-order valence-electron chi connectivity index (χ4n) is 3.38. The first-order chi connectivity index (χ1) is 10.3. The molecule has 0 fully saturated rings. The van der Waals surface area contributed by atoms with Gasteiger partial charge in [-0.15, -0.1) is 0 Å². The molecule has 2 atom stereocenters. The van der Waals surface area contributed by atoms with E-state index in [9.17, 15) is 0 Å². The monoisotopic (exact) mass is 300 g/mol. The fourth-order valence-corrected chi connectivity index (χ4v) is 3.51. The van der Waals surface area contributed by atoms with E-state index in [4.69, 9.17) is 17.4 Å². The minimum atomic E-state index is 0.165. The highest BCUT2D eigenvalue weighted by molar-refractivity contribution is 6.30. The molecule has 0 aromatic heterocycles. The molecule has 2 aromatic carbocycles. The summed E-state index contributed by atoms with van der Waals surface area (Å²) in [6, 6.07) is 16.9. The van der Waals surface area contributed by atoms with E-state index in [-0.39, 0.29) is 6.04 Å². The smallest absolute Gasteiger partial charge is 0.0465 e. The zero-order chi connectivity index (χ0) is 14.7. The molecule has 3 heteroatoms. The average molecular weight is 301 g/mol. The van der Waals surface area contributed by atoms with Crippen molar-refractivity contribution in [3.63, 3.8) is 0 Å². The molecule has 21 heavy (non-hydrogen) atoms.